The quantitative estimate of drug-likeness (QED) is 0.278. The van der Waals surface area contributed by atoms with Crippen molar-refractivity contribution in [1.29, 1.82) is 5.26 Å². The third kappa shape index (κ3) is 5.28. The van der Waals surface area contributed by atoms with Gasteiger partial charge in [0.25, 0.3) is 0 Å². The van der Waals surface area contributed by atoms with Crippen molar-refractivity contribution in [1.82, 2.24) is 15.5 Å². The molecule has 4 aliphatic heterocycles. The van der Waals surface area contributed by atoms with Gasteiger partial charge >= 0.3 is 0 Å². The van der Waals surface area contributed by atoms with E-state index < -0.39 is 12.1 Å². The van der Waals surface area contributed by atoms with Crippen LogP contribution in [0.1, 0.15) is 85.0 Å². The van der Waals surface area contributed by atoms with E-state index in [1.54, 1.807) is 0 Å². The summed E-state index contributed by atoms with van der Waals surface area (Å²) in [5.74, 6) is 0.111. The topological polar surface area (TPSA) is 142 Å². The van der Waals surface area contributed by atoms with Gasteiger partial charge in [0, 0.05) is 43.7 Å². The van der Waals surface area contributed by atoms with E-state index in [1.165, 1.54) is 12.8 Å². The summed E-state index contributed by atoms with van der Waals surface area (Å²) < 4.78 is 6.58. The molecule has 39 heavy (non-hydrogen) atoms. The van der Waals surface area contributed by atoms with E-state index in [1.807, 2.05) is 6.21 Å². The molecule has 10 atom stereocenters. The molecule has 1 aliphatic carbocycles. The van der Waals surface area contributed by atoms with E-state index in [4.69, 9.17) is 21.2 Å². The van der Waals surface area contributed by atoms with Crippen LogP contribution in [0, 0.1) is 34.5 Å². The minimum Gasteiger partial charge on any atom is -0.371 e. The summed E-state index contributed by atoms with van der Waals surface area (Å²) >= 11 is 0. The number of rotatable bonds is 12. The second kappa shape index (κ2) is 11.7. The predicted molar refractivity (Wildman–Crippen MR) is 153 cm³/mol. The van der Waals surface area contributed by atoms with Crippen LogP contribution in [-0.2, 0) is 9.53 Å². The lowest BCUT2D eigenvalue weighted by Gasteiger charge is -2.59. The lowest BCUT2D eigenvalue weighted by atomic mass is 9.68. The Morgan fingerprint density at radius 3 is 2.82 bits per heavy atom. The predicted octanol–water partition coefficient (Wildman–Crippen LogP) is 2.29. The molecule has 9 heteroatoms. The fraction of sp³-hybridized carbons (Fsp3) is 0.900. The molecule has 0 bridgehead atoms. The van der Waals surface area contributed by atoms with Crippen LogP contribution in [0.2, 0.25) is 0 Å². The molecule has 5 aliphatic rings. The number of aliphatic imine (C=N–C) groups is 1. The molecular formula is C30H51N7O2. The molecule has 9 nitrogen and oxygen atoms in total. The van der Waals surface area contributed by atoms with Gasteiger partial charge in [-0.2, -0.15) is 5.26 Å². The summed E-state index contributed by atoms with van der Waals surface area (Å²) in [7, 11) is 0. The molecule has 0 aromatic heterocycles. The number of carbonyl (C=O) groups is 1. The maximum atomic E-state index is 14.1. The van der Waals surface area contributed by atoms with Gasteiger partial charge in [0.15, 0.2) is 0 Å². The van der Waals surface area contributed by atoms with Crippen molar-refractivity contribution in [3.05, 3.63) is 0 Å². The fourth-order valence-corrected chi connectivity index (χ4v) is 8.99. The maximum absolute atomic E-state index is 14.1. The van der Waals surface area contributed by atoms with Gasteiger partial charge in [0.2, 0.25) is 5.91 Å². The van der Waals surface area contributed by atoms with Crippen molar-refractivity contribution < 1.29 is 9.53 Å². The Balaban J connectivity index is 1.34. The van der Waals surface area contributed by atoms with Gasteiger partial charge < -0.3 is 26.8 Å². The first-order valence-electron chi connectivity index (χ1n) is 15.6. The molecule has 1 spiro atoms. The highest BCUT2D eigenvalue weighted by Gasteiger charge is 2.78. The molecule has 6 N–H and O–H groups in total. The zero-order chi connectivity index (χ0) is 27.8. The third-order valence-electron chi connectivity index (χ3n) is 10.8. The lowest BCUT2D eigenvalue weighted by Crippen LogP contribution is -2.71. The van der Waals surface area contributed by atoms with Crippen LogP contribution >= 0.6 is 0 Å². The van der Waals surface area contributed by atoms with Crippen LogP contribution in [0.4, 0.5) is 0 Å². The normalized spacial score (nSPS) is 40.7. The Morgan fingerprint density at radius 2 is 2.15 bits per heavy atom. The highest BCUT2D eigenvalue weighted by Crippen LogP contribution is 2.75. The van der Waals surface area contributed by atoms with Gasteiger partial charge in [0.1, 0.15) is 0 Å². The highest BCUT2D eigenvalue weighted by atomic mass is 16.5. The minimum absolute atomic E-state index is 0.0160. The van der Waals surface area contributed by atoms with Gasteiger partial charge in [-0.15, -0.1) is 0 Å². The molecule has 4 heterocycles. The molecule has 3 saturated heterocycles. The van der Waals surface area contributed by atoms with E-state index in [-0.39, 0.29) is 41.8 Å². The Labute approximate surface area is 234 Å². The fourth-order valence-electron chi connectivity index (χ4n) is 8.99. The lowest BCUT2D eigenvalue weighted by molar-refractivity contribution is -0.144. The van der Waals surface area contributed by atoms with Crippen LogP contribution in [0.15, 0.2) is 4.99 Å². The van der Waals surface area contributed by atoms with E-state index in [9.17, 15) is 10.1 Å². The average molecular weight is 542 g/mol. The smallest absolute Gasteiger partial charge is 0.228 e. The Hall–Kier alpha value is -1.57. The number of carbonyl (C=O) groups excluding carboxylic acids is 1. The van der Waals surface area contributed by atoms with E-state index in [2.05, 4.69) is 42.4 Å². The van der Waals surface area contributed by atoms with Crippen LogP contribution in [0.3, 0.4) is 0 Å². The van der Waals surface area contributed by atoms with E-state index >= 15 is 0 Å². The zero-order valence-electron chi connectivity index (χ0n) is 24.3. The second-order valence-corrected chi connectivity index (χ2v) is 13.3. The van der Waals surface area contributed by atoms with Crippen molar-refractivity contribution >= 4 is 12.1 Å². The van der Waals surface area contributed by atoms with Crippen molar-refractivity contribution in [3.8, 4) is 6.07 Å². The number of nitrogens with one attached hydrogen (secondary N) is 2. The summed E-state index contributed by atoms with van der Waals surface area (Å²) in [5.41, 5.74) is 13.3. The van der Waals surface area contributed by atoms with Crippen LogP contribution in [-0.4, -0.2) is 78.7 Å². The SMILES string of the molecule is CCCC(C)C1N=CCC(O[C@H]2CCNC2)C1NC(=O)C(C(N)N)C1CC23CC2(CCC)CC(CC#N)CN13. The average Bonchev–Trinajstić information content (AvgIpc) is 3.27. The molecule has 9 unspecified atom stereocenters. The molecule has 5 rings (SSSR count). The molecule has 0 radical (unpaired) electrons. The van der Waals surface area contributed by atoms with Gasteiger partial charge in [0.05, 0.1) is 42.4 Å². The number of piperidine rings is 1. The summed E-state index contributed by atoms with van der Waals surface area (Å²) in [4.78, 5) is 21.6. The second-order valence-electron chi connectivity index (χ2n) is 13.3. The Kier molecular flexibility index (Phi) is 8.71. The monoisotopic (exact) mass is 541 g/mol. The largest absolute Gasteiger partial charge is 0.371 e. The first-order chi connectivity index (χ1) is 18.8. The summed E-state index contributed by atoms with van der Waals surface area (Å²) in [6.45, 7) is 9.36. The maximum Gasteiger partial charge on any atom is 0.228 e. The number of nitrogens with two attached hydrogens (primary N) is 2. The highest BCUT2D eigenvalue weighted by molar-refractivity contribution is 5.81. The van der Waals surface area contributed by atoms with Gasteiger partial charge in [-0.1, -0.05) is 33.6 Å². The Bertz CT molecular complexity index is 946. The summed E-state index contributed by atoms with van der Waals surface area (Å²) in [6.07, 6.45) is 11.3. The standard InChI is InChI=1S/C30H51N7O2/c1-4-6-19(3)25-26(23(9-13-35-25)39-21-8-12-34-16-21)36-28(38)24(27(32)33)22-15-30-18-29(30,10-5-2)14-20(7-11-31)17-37(22)30/h13,19-27,34H,4-10,12,14-18,32-33H2,1-3H3,(H,36,38)/t19?,20?,21-,22?,23?,24?,25?,26?,29?,30?/m0/s1. The van der Waals surface area contributed by atoms with Crippen molar-refractivity contribution in [2.45, 2.75) is 127 Å². The van der Waals surface area contributed by atoms with Crippen LogP contribution in [0.25, 0.3) is 0 Å². The van der Waals surface area contributed by atoms with Crippen molar-refractivity contribution in [2.24, 2.45) is 39.6 Å². The molecular weight excluding hydrogens is 490 g/mol. The number of ether oxygens (including phenoxy) is 1. The Morgan fingerprint density at radius 1 is 1.33 bits per heavy atom. The number of hydrogen-bond donors (Lipinski definition) is 4. The molecule has 218 valence electrons. The van der Waals surface area contributed by atoms with Crippen molar-refractivity contribution in [2.75, 3.05) is 19.6 Å². The van der Waals surface area contributed by atoms with Crippen molar-refractivity contribution in [3.63, 3.8) is 0 Å². The van der Waals surface area contributed by atoms with Gasteiger partial charge in [-0.3, -0.25) is 14.7 Å². The molecule has 1 saturated carbocycles. The van der Waals surface area contributed by atoms with Gasteiger partial charge in [-0.25, -0.2) is 0 Å². The van der Waals surface area contributed by atoms with E-state index in [0.29, 0.717) is 30.1 Å². The molecule has 0 aromatic rings. The first-order valence-corrected chi connectivity index (χ1v) is 15.6. The van der Waals surface area contributed by atoms with Gasteiger partial charge in [-0.05, 0) is 62.3 Å². The number of nitriles is 1. The van der Waals surface area contributed by atoms with Crippen LogP contribution < -0.4 is 22.1 Å². The number of nitrogens with zero attached hydrogens (tertiary/aromatic N) is 3. The molecule has 4 fully saturated rings. The molecule has 1 amide bonds. The first kappa shape index (κ1) is 28.9. The minimum atomic E-state index is -0.750. The molecule has 0 aromatic carbocycles. The summed E-state index contributed by atoms with van der Waals surface area (Å²) in [5, 5.41) is 16.3. The summed E-state index contributed by atoms with van der Waals surface area (Å²) in [6, 6.07) is 2.20. The number of hydrogen-bond acceptors (Lipinski definition) is 8. The third-order valence-corrected chi connectivity index (χ3v) is 10.8. The zero-order valence-corrected chi connectivity index (χ0v) is 24.3. The van der Waals surface area contributed by atoms with Crippen LogP contribution in [0.5, 0.6) is 0 Å². The number of amides is 1. The van der Waals surface area contributed by atoms with E-state index in [0.717, 1.165) is 58.2 Å².